The predicted octanol–water partition coefficient (Wildman–Crippen LogP) is 4.35. The molecule has 0 saturated carbocycles. The summed E-state index contributed by atoms with van der Waals surface area (Å²) in [6.45, 7) is 2.07. The van der Waals surface area contributed by atoms with Crippen LogP contribution in [0.4, 0.5) is 18.9 Å². The van der Waals surface area contributed by atoms with E-state index in [0.29, 0.717) is 42.5 Å². The van der Waals surface area contributed by atoms with Gasteiger partial charge in [-0.1, -0.05) is 23.7 Å². The summed E-state index contributed by atoms with van der Waals surface area (Å²) in [7, 11) is 0. The molecule has 1 aliphatic rings. The normalized spacial score (nSPS) is 15.1. The summed E-state index contributed by atoms with van der Waals surface area (Å²) in [4.78, 5) is 28.4. The van der Waals surface area contributed by atoms with Crippen LogP contribution >= 0.6 is 23.4 Å². The molecule has 0 radical (unpaired) electrons. The van der Waals surface area contributed by atoms with Crippen molar-refractivity contribution in [2.75, 3.05) is 38.0 Å². The lowest BCUT2D eigenvalue weighted by atomic mass is 10.2. The van der Waals surface area contributed by atoms with E-state index >= 15 is 0 Å². The first-order valence-corrected chi connectivity index (χ1v) is 10.3. The molecule has 5 nitrogen and oxygen atoms in total. The average molecular weight is 458 g/mol. The minimum Gasteiger partial charge on any atom is -0.336 e. The van der Waals surface area contributed by atoms with E-state index in [0.717, 1.165) is 0 Å². The second-order valence-corrected chi connectivity index (χ2v) is 8.21. The molecule has 1 saturated heterocycles. The standard InChI is InChI=1S/C20H19ClF3N3O2S/c21-16-3-1-2-4-17(16)25-18(28)13-26-9-11-27(12-10-26)19(29)14-5-7-15(8-6-14)30-20(22,23)24/h1-8H,9-13H2,(H,25,28). The first kappa shape index (κ1) is 22.5. The van der Waals surface area contributed by atoms with Crippen LogP contribution in [-0.4, -0.2) is 59.8 Å². The zero-order valence-electron chi connectivity index (χ0n) is 15.8. The van der Waals surface area contributed by atoms with Gasteiger partial charge >= 0.3 is 5.51 Å². The third kappa shape index (κ3) is 6.38. The van der Waals surface area contributed by atoms with Crippen molar-refractivity contribution < 1.29 is 22.8 Å². The van der Waals surface area contributed by atoms with Gasteiger partial charge in [-0.25, -0.2) is 0 Å². The number of alkyl halides is 3. The van der Waals surface area contributed by atoms with Gasteiger partial charge in [0.05, 0.1) is 17.3 Å². The van der Waals surface area contributed by atoms with E-state index in [1.807, 2.05) is 4.90 Å². The summed E-state index contributed by atoms with van der Waals surface area (Å²) in [5.74, 6) is -0.431. The van der Waals surface area contributed by atoms with Crippen molar-refractivity contribution >= 4 is 40.9 Å². The minimum atomic E-state index is -4.36. The van der Waals surface area contributed by atoms with Crippen molar-refractivity contribution in [1.29, 1.82) is 0 Å². The molecule has 0 bridgehead atoms. The van der Waals surface area contributed by atoms with E-state index in [4.69, 9.17) is 11.6 Å². The second kappa shape index (κ2) is 9.72. The number of amides is 2. The molecule has 30 heavy (non-hydrogen) atoms. The van der Waals surface area contributed by atoms with Crippen molar-refractivity contribution in [3.8, 4) is 0 Å². The van der Waals surface area contributed by atoms with Crippen molar-refractivity contribution in [2.24, 2.45) is 0 Å². The Hall–Kier alpha value is -2.23. The van der Waals surface area contributed by atoms with E-state index in [1.165, 1.54) is 24.3 Å². The summed E-state index contributed by atoms with van der Waals surface area (Å²) >= 11 is 5.82. The molecule has 2 amide bonds. The number of hydrogen-bond donors (Lipinski definition) is 1. The first-order chi connectivity index (χ1) is 14.2. The van der Waals surface area contributed by atoms with Gasteiger partial charge in [0, 0.05) is 36.6 Å². The maximum absolute atomic E-state index is 12.6. The third-order valence-electron chi connectivity index (χ3n) is 4.51. The van der Waals surface area contributed by atoms with Crippen LogP contribution in [0.5, 0.6) is 0 Å². The van der Waals surface area contributed by atoms with Gasteiger partial charge in [-0.2, -0.15) is 13.2 Å². The van der Waals surface area contributed by atoms with Crippen molar-refractivity contribution in [2.45, 2.75) is 10.4 Å². The van der Waals surface area contributed by atoms with E-state index in [-0.39, 0.29) is 35.0 Å². The largest absolute Gasteiger partial charge is 0.446 e. The topological polar surface area (TPSA) is 52.7 Å². The molecular formula is C20H19ClF3N3O2S. The molecule has 10 heteroatoms. The van der Waals surface area contributed by atoms with Crippen molar-refractivity contribution in [3.63, 3.8) is 0 Å². The Labute approximate surface area is 181 Å². The van der Waals surface area contributed by atoms with Gasteiger partial charge in [-0.05, 0) is 48.2 Å². The van der Waals surface area contributed by atoms with Gasteiger partial charge in [0.15, 0.2) is 0 Å². The van der Waals surface area contributed by atoms with E-state index in [1.54, 1.807) is 29.2 Å². The zero-order chi connectivity index (χ0) is 21.7. The van der Waals surface area contributed by atoms with Crippen LogP contribution in [0.1, 0.15) is 10.4 Å². The highest BCUT2D eigenvalue weighted by molar-refractivity contribution is 8.00. The fourth-order valence-corrected chi connectivity index (χ4v) is 3.77. The number of halogens is 4. The molecule has 2 aromatic carbocycles. The number of para-hydroxylation sites is 1. The summed E-state index contributed by atoms with van der Waals surface area (Å²) in [5.41, 5.74) is -3.48. The van der Waals surface area contributed by atoms with Gasteiger partial charge < -0.3 is 10.2 Å². The van der Waals surface area contributed by atoms with Gasteiger partial charge in [0.25, 0.3) is 5.91 Å². The monoisotopic (exact) mass is 457 g/mol. The Balaban J connectivity index is 1.48. The highest BCUT2D eigenvalue weighted by atomic mass is 35.5. The fraction of sp³-hybridized carbons (Fsp3) is 0.300. The lowest BCUT2D eigenvalue weighted by Gasteiger charge is -2.34. The molecule has 0 atom stereocenters. The molecule has 160 valence electrons. The number of nitrogens with zero attached hydrogens (tertiary/aromatic N) is 2. The number of anilines is 1. The Bertz CT molecular complexity index is 901. The van der Waals surface area contributed by atoms with Gasteiger partial charge in [-0.3, -0.25) is 14.5 Å². The van der Waals surface area contributed by atoms with Crippen LogP contribution in [0, 0.1) is 0 Å². The lowest BCUT2D eigenvalue weighted by molar-refractivity contribution is -0.117. The van der Waals surface area contributed by atoms with Crippen molar-refractivity contribution in [1.82, 2.24) is 9.80 Å². The highest BCUT2D eigenvalue weighted by Gasteiger charge is 2.29. The van der Waals surface area contributed by atoms with Gasteiger partial charge in [0.2, 0.25) is 5.91 Å². The summed E-state index contributed by atoms with van der Waals surface area (Å²) in [6.07, 6.45) is 0. The average Bonchev–Trinajstić information content (AvgIpc) is 2.69. The Kier molecular flexibility index (Phi) is 7.27. The number of benzene rings is 2. The molecule has 1 aliphatic heterocycles. The fourth-order valence-electron chi connectivity index (χ4n) is 3.05. The number of thioether (sulfide) groups is 1. The maximum atomic E-state index is 12.6. The summed E-state index contributed by atoms with van der Waals surface area (Å²) in [6, 6.07) is 12.4. The maximum Gasteiger partial charge on any atom is 0.446 e. The quantitative estimate of drug-likeness (QED) is 0.678. The molecule has 1 heterocycles. The number of carbonyl (C=O) groups is 2. The molecular weight excluding hydrogens is 439 g/mol. The summed E-state index contributed by atoms with van der Waals surface area (Å²) in [5, 5.41) is 3.22. The number of rotatable bonds is 5. The molecule has 2 aromatic rings. The molecule has 0 spiro atoms. The summed E-state index contributed by atoms with van der Waals surface area (Å²) < 4.78 is 37.2. The van der Waals surface area contributed by atoms with Gasteiger partial charge in [0.1, 0.15) is 0 Å². The second-order valence-electron chi connectivity index (χ2n) is 6.67. The molecule has 1 N–H and O–H groups in total. The smallest absolute Gasteiger partial charge is 0.336 e. The van der Waals surface area contributed by atoms with Crippen LogP contribution in [-0.2, 0) is 4.79 Å². The predicted molar refractivity (Wildman–Crippen MR) is 111 cm³/mol. The highest BCUT2D eigenvalue weighted by Crippen LogP contribution is 2.36. The number of hydrogen-bond acceptors (Lipinski definition) is 4. The van der Waals surface area contributed by atoms with E-state index in [2.05, 4.69) is 5.32 Å². The molecule has 1 fully saturated rings. The zero-order valence-corrected chi connectivity index (χ0v) is 17.4. The Morgan fingerprint density at radius 3 is 2.23 bits per heavy atom. The Morgan fingerprint density at radius 1 is 1.00 bits per heavy atom. The number of piperazine rings is 1. The number of nitrogens with one attached hydrogen (secondary N) is 1. The van der Waals surface area contributed by atoms with Crippen LogP contribution in [0.3, 0.4) is 0 Å². The van der Waals surface area contributed by atoms with Crippen LogP contribution in [0.2, 0.25) is 5.02 Å². The van der Waals surface area contributed by atoms with Crippen LogP contribution in [0.15, 0.2) is 53.4 Å². The van der Waals surface area contributed by atoms with E-state index in [9.17, 15) is 22.8 Å². The first-order valence-electron chi connectivity index (χ1n) is 9.13. The lowest BCUT2D eigenvalue weighted by Crippen LogP contribution is -2.50. The van der Waals surface area contributed by atoms with Gasteiger partial charge in [-0.15, -0.1) is 0 Å². The number of carbonyl (C=O) groups excluding carboxylic acids is 2. The van der Waals surface area contributed by atoms with Crippen LogP contribution < -0.4 is 5.32 Å². The van der Waals surface area contributed by atoms with Crippen molar-refractivity contribution in [3.05, 3.63) is 59.1 Å². The van der Waals surface area contributed by atoms with Crippen LogP contribution in [0.25, 0.3) is 0 Å². The SMILES string of the molecule is O=C(CN1CCN(C(=O)c2ccc(SC(F)(F)F)cc2)CC1)Nc1ccccc1Cl. The molecule has 3 rings (SSSR count). The molecule has 0 unspecified atom stereocenters. The molecule has 0 aromatic heterocycles. The van der Waals surface area contributed by atoms with E-state index < -0.39 is 5.51 Å². The minimum absolute atomic E-state index is 0.0356. The Morgan fingerprint density at radius 2 is 1.63 bits per heavy atom. The third-order valence-corrected chi connectivity index (χ3v) is 5.58. The molecule has 0 aliphatic carbocycles.